The van der Waals surface area contributed by atoms with E-state index < -0.39 is 0 Å². The van der Waals surface area contributed by atoms with Gasteiger partial charge < -0.3 is 20.4 Å². The van der Waals surface area contributed by atoms with Gasteiger partial charge in [-0.15, -0.1) is 0 Å². The van der Waals surface area contributed by atoms with Crippen LogP contribution in [0, 0.1) is 11.3 Å². The molecule has 0 aliphatic carbocycles. The Morgan fingerprint density at radius 2 is 2.21 bits per heavy atom. The fraction of sp³-hybridized carbons (Fsp3) is 0.333. The number of amides is 1. The number of para-hydroxylation sites is 1. The Hall–Kier alpha value is -2.78. The molecule has 0 saturated carbocycles. The third-order valence-electron chi connectivity index (χ3n) is 3.64. The van der Waals surface area contributed by atoms with Gasteiger partial charge in [0.05, 0.1) is 0 Å². The van der Waals surface area contributed by atoms with Crippen molar-refractivity contribution in [3.05, 3.63) is 47.8 Å². The number of nitrogens with one attached hydrogen (secondary N) is 3. The van der Waals surface area contributed by atoms with Crippen LogP contribution in [0.15, 0.2) is 42.2 Å². The maximum Gasteiger partial charge on any atom is 0.263 e. The largest absolute Gasteiger partial charge is 0.389 e. The molecule has 0 atom stereocenters. The number of aromatic amines is 1. The number of fused-ring (bicyclic) bond motifs is 1. The van der Waals surface area contributed by atoms with E-state index in [0.29, 0.717) is 19.7 Å². The normalized spacial score (nSPS) is 11.2. The SMILES string of the molecule is COCCCNC(=O)/C(C#N)=C\NCCc1c[nH]c2ccccc12. The second kappa shape index (κ2) is 9.38. The molecule has 0 fully saturated rings. The molecule has 1 heterocycles. The highest BCUT2D eigenvalue weighted by molar-refractivity contribution is 5.97. The summed E-state index contributed by atoms with van der Waals surface area (Å²) in [7, 11) is 1.61. The molecule has 2 rings (SSSR count). The summed E-state index contributed by atoms with van der Waals surface area (Å²) in [5, 5.41) is 16.0. The fourth-order valence-corrected chi connectivity index (χ4v) is 2.38. The minimum absolute atomic E-state index is 0.0753. The number of ether oxygens (including phenoxy) is 1. The van der Waals surface area contributed by atoms with Crippen LogP contribution in [0.2, 0.25) is 0 Å². The van der Waals surface area contributed by atoms with Gasteiger partial charge in [-0.1, -0.05) is 18.2 Å². The predicted molar refractivity (Wildman–Crippen MR) is 93.2 cm³/mol. The number of aromatic nitrogens is 1. The van der Waals surface area contributed by atoms with Gasteiger partial charge in [0, 0.05) is 50.1 Å². The van der Waals surface area contributed by atoms with Gasteiger partial charge in [-0.2, -0.15) is 5.26 Å². The molecule has 1 aromatic carbocycles. The Morgan fingerprint density at radius 3 is 3.00 bits per heavy atom. The van der Waals surface area contributed by atoms with Gasteiger partial charge in [-0.05, 0) is 24.5 Å². The third kappa shape index (κ3) is 4.86. The molecule has 24 heavy (non-hydrogen) atoms. The zero-order valence-corrected chi connectivity index (χ0v) is 13.8. The van der Waals surface area contributed by atoms with Crippen LogP contribution in [0.25, 0.3) is 10.9 Å². The van der Waals surface area contributed by atoms with Gasteiger partial charge in [-0.3, -0.25) is 4.79 Å². The van der Waals surface area contributed by atoms with Crippen LogP contribution in [-0.4, -0.2) is 37.7 Å². The zero-order chi connectivity index (χ0) is 17.2. The molecule has 0 bridgehead atoms. The third-order valence-corrected chi connectivity index (χ3v) is 3.64. The number of benzene rings is 1. The number of rotatable bonds is 9. The van der Waals surface area contributed by atoms with E-state index in [0.717, 1.165) is 18.4 Å². The number of nitriles is 1. The van der Waals surface area contributed by atoms with Gasteiger partial charge in [-0.25, -0.2) is 0 Å². The summed E-state index contributed by atoms with van der Waals surface area (Å²) in [5.74, 6) is -0.367. The lowest BCUT2D eigenvalue weighted by Gasteiger charge is -2.05. The van der Waals surface area contributed by atoms with Crippen molar-refractivity contribution >= 4 is 16.8 Å². The highest BCUT2D eigenvalue weighted by Gasteiger charge is 2.07. The summed E-state index contributed by atoms with van der Waals surface area (Å²) in [6, 6.07) is 10.0. The Morgan fingerprint density at radius 1 is 1.38 bits per heavy atom. The molecule has 0 spiro atoms. The Balaban J connectivity index is 1.81. The molecule has 0 aliphatic heterocycles. The lowest BCUT2D eigenvalue weighted by atomic mass is 10.1. The van der Waals surface area contributed by atoms with E-state index >= 15 is 0 Å². The minimum atomic E-state index is -0.367. The van der Waals surface area contributed by atoms with Gasteiger partial charge >= 0.3 is 0 Å². The van der Waals surface area contributed by atoms with E-state index in [1.165, 1.54) is 17.1 Å². The van der Waals surface area contributed by atoms with E-state index in [1.807, 2.05) is 30.5 Å². The van der Waals surface area contributed by atoms with Gasteiger partial charge in [0.1, 0.15) is 11.6 Å². The first-order valence-electron chi connectivity index (χ1n) is 7.92. The molecule has 3 N–H and O–H groups in total. The van der Waals surface area contributed by atoms with Gasteiger partial charge in [0.15, 0.2) is 0 Å². The molecule has 126 valence electrons. The Labute approximate surface area is 141 Å². The van der Waals surface area contributed by atoms with Crippen LogP contribution in [0.5, 0.6) is 0 Å². The second-order valence-corrected chi connectivity index (χ2v) is 5.34. The summed E-state index contributed by atoms with van der Waals surface area (Å²) < 4.78 is 4.91. The number of hydrogen-bond acceptors (Lipinski definition) is 4. The number of methoxy groups -OCH3 is 1. The molecule has 6 nitrogen and oxygen atoms in total. The topological polar surface area (TPSA) is 89.9 Å². The standard InChI is InChI=1S/C18H22N4O2/c1-24-10-4-8-21-18(23)15(11-19)12-20-9-7-14-13-22-17-6-3-2-5-16(14)17/h2-3,5-6,12-13,20,22H,4,7-10H2,1H3,(H,21,23)/b15-12-. The molecule has 0 saturated heterocycles. The van der Waals surface area contributed by atoms with Crippen LogP contribution in [0.3, 0.4) is 0 Å². The summed E-state index contributed by atoms with van der Waals surface area (Å²) in [4.78, 5) is 15.1. The van der Waals surface area contributed by atoms with Crippen molar-refractivity contribution < 1.29 is 9.53 Å². The highest BCUT2D eigenvalue weighted by atomic mass is 16.5. The van der Waals surface area contributed by atoms with Crippen molar-refractivity contribution in [1.82, 2.24) is 15.6 Å². The number of carbonyl (C=O) groups is 1. The van der Waals surface area contributed by atoms with Gasteiger partial charge in [0.2, 0.25) is 0 Å². The summed E-state index contributed by atoms with van der Waals surface area (Å²) in [6.45, 7) is 1.71. The first-order valence-corrected chi connectivity index (χ1v) is 7.92. The van der Waals surface area contributed by atoms with Crippen LogP contribution in [0.4, 0.5) is 0 Å². The number of carbonyl (C=O) groups excluding carboxylic acids is 1. The maximum absolute atomic E-state index is 11.8. The summed E-state index contributed by atoms with van der Waals surface area (Å²) in [6.07, 6.45) is 4.98. The Bertz CT molecular complexity index is 743. The smallest absolute Gasteiger partial charge is 0.263 e. The molecule has 6 heteroatoms. The lowest BCUT2D eigenvalue weighted by Crippen LogP contribution is -2.27. The van der Waals surface area contributed by atoms with Crippen LogP contribution < -0.4 is 10.6 Å². The molecule has 2 aromatic rings. The molecule has 0 aliphatic rings. The van der Waals surface area contributed by atoms with Crippen molar-refractivity contribution in [2.24, 2.45) is 0 Å². The second-order valence-electron chi connectivity index (χ2n) is 5.34. The van der Waals surface area contributed by atoms with Crippen molar-refractivity contribution in [2.75, 3.05) is 26.8 Å². The van der Waals surface area contributed by atoms with E-state index in [4.69, 9.17) is 10.00 Å². The van der Waals surface area contributed by atoms with Crippen molar-refractivity contribution in [2.45, 2.75) is 12.8 Å². The average Bonchev–Trinajstić information content (AvgIpc) is 3.02. The highest BCUT2D eigenvalue weighted by Crippen LogP contribution is 2.17. The molecule has 1 amide bonds. The minimum Gasteiger partial charge on any atom is -0.389 e. The quantitative estimate of drug-likeness (QED) is 0.373. The number of H-pyrrole nitrogens is 1. The maximum atomic E-state index is 11.8. The zero-order valence-electron chi connectivity index (χ0n) is 13.8. The van der Waals surface area contributed by atoms with Crippen molar-refractivity contribution in [3.8, 4) is 6.07 Å². The van der Waals surface area contributed by atoms with E-state index in [-0.39, 0.29) is 11.5 Å². The number of hydrogen-bond donors (Lipinski definition) is 3. The molecular formula is C18H22N4O2. The number of nitrogens with zero attached hydrogens (tertiary/aromatic N) is 1. The van der Waals surface area contributed by atoms with Gasteiger partial charge in [0.25, 0.3) is 5.91 Å². The molecular weight excluding hydrogens is 304 g/mol. The molecule has 0 radical (unpaired) electrons. The predicted octanol–water partition coefficient (Wildman–Crippen LogP) is 1.86. The summed E-state index contributed by atoms with van der Waals surface area (Å²) in [5.41, 5.74) is 2.39. The lowest BCUT2D eigenvalue weighted by molar-refractivity contribution is -0.117. The first-order chi connectivity index (χ1) is 11.8. The Kier molecular flexibility index (Phi) is 6.87. The van der Waals surface area contributed by atoms with E-state index in [9.17, 15) is 4.79 Å². The molecule has 1 aromatic heterocycles. The monoisotopic (exact) mass is 326 g/mol. The van der Waals surface area contributed by atoms with Crippen LogP contribution in [-0.2, 0) is 16.0 Å². The van der Waals surface area contributed by atoms with Crippen molar-refractivity contribution in [1.29, 1.82) is 5.26 Å². The van der Waals surface area contributed by atoms with Crippen LogP contribution in [0.1, 0.15) is 12.0 Å². The van der Waals surface area contributed by atoms with E-state index in [2.05, 4.69) is 21.7 Å². The molecule has 0 unspecified atom stereocenters. The van der Waals surface area contributed by atoms with Crippen molar-refractivity contribution in [3.63, 3.8) is 0 Å². The van der Waals surface area contributed by atoms with Crippen LogP contribution >= 0.6 is 0 Å². The first kappa shape index (κ1) is 17.6. The fourth-order valence-electron chi connectivity index (χ4n) is 2.38. The average molecular weight is 326 g/mol. The van der Waals surface area contributed by atoms with E-state index in [1.54, 1.807) is 7.11 Å². The summed E-state index contributed by atoms with van der Waals surface area (Å²) >= 11 is 0.